The zero-order valence-electron chi connectivity index (χ0n) is 7.82. The summed E-state index contributed by atoms with van der Waals surface area (Å²) in [5, 5.41) is 8.56. The van der Waals surface area contributed by atoms with Crippen molar-refractivity contribution < 1.29 is 9.53 Å². The Morgan fingerprint density at radius 3 is 3.08 bits per heavy atom. The van der Waals surface area contributed by atoms with Crippen LogP contribution in [0.2, 0.25) is 0 Å². The van der Waals surface area contributed by atoms with Crippen molar-refractivity contribution in [2.75, 3.05) is 13.2 Å². The molecule has 0 saturated carbocycles. The number of nitriles is 1. The van der Waals surface area contributed by atoms with Crippen LogP contribution in [-0.2, 0) is 4.74 Å². The molecule has 0 bridgehead atoms. The summed E-state index contributed by atoms with van der Waals surface area (Å²) in [4.78, 5) is 12.9. The van der Waals surface area contributed by atoms with Crippen molar-refractivity contribution in [3.8, 4) is 6.07 Å². The number of ether oxygens (including phenoxy) is 1. The quantitative estimate of drug-likeness (QED) is 0.665. The van der Waals surface area contributed by atoms with E-state index in [2.05, 4.69) is 6.07 Å². The molecule has 1 fully saturated rings. The highest BCUT2D eigenvalue weighted by atomic mass is 16.6. The van der Waals surface area contributed by atoms with E-state index in [1.165, 1.54) is 0 Å². The molecule has 1 amide bonds. The highest BCUT2D eigenvalue weighted by Gasteiger charge is 2.25. The van der Waals surface area contributed by atoms with Gasteiger partial charge in [0, 0.05) is 12.6 Å². The summed E-state index contributed by atoms with van der Waals surface area (Å²) in [6.45, 7) is 3.21. The Labute approximate surface area is 78.1 Å². The monoisotopic (exact) mass is 182 g/mol. The molecule has 0 aliphatic carbocycles. The minimum atomic E-state index is -0.270. The number of amides is 1. The van der Waals surface area contributed by atoms with E-state index in [0.717, 1.165) is 19.4 Å². The summed E-state index contributed by atoms with van der Waals surface area (Å²) in [7, 11) is 0. The molecular weight excluding hydrogens is 168 g/mol. The van der Waals surface area contributed by atoms with Gasteiger partial charge in [-0.1, -0.05) is 6.92 Å². The third-order valence-corrected chi connectivity index (χ3v) is 2.24. The van der Waals surface area contributed by atoms with E-state index in [0.29, 0.717) is 13.0 Å². The molecule has 0 spiro atoms. The van der Waals surface area contributed by atoms with Gasteiger partial charge in [0.1, 0.15) is 0 Å². The first-order valence-electron chi connectivity index (χ1n) is 4.60. The lowest BCUT2D eigenvalue weighted by atomic mass is 10.1. The fraction of sp³-hybridized carbons (Fsp3) is 0.778. The van der Waals surface area contributed by atoms with Crippen molar-refractivity contribution in [3.63, 3.8) is 0 Å². The lowest BCUT2D eigenvalue weighted by Gasteiger charge is -2.32. The van der Waals surface area contributed by atoms with Gasteiger partial charge in [-0.05, 0) is 12.8 Å². The van der Waals surface area contributed by atoms with Crippen LogP contribution >= 0.6 is 0 Å². The first-order chi connectivity index (χ1) is 6.29. The van der Waals surface area contributed by atoms with E-state index in [9.17, 15) is 4.79 Å². The van der Waals surface area contributed by atoms with Crippen molar-refractivity contribution in [2.24, 2.45) is 0 Å². The number of nitrogens with zero attached hydrogens (tertiary/aromatic N) is 2. The topological polar surface area (TPSA) is 53.3 Å². The summed E-state index contributed by atoms with van der Waals surface area (Å²) in [6, 6.07) is 2.11. The lowest BCUT2D eigenvalue weighted by molar-refractivity contribution is 0.0549. The molecule has 1 aliphatic rings. The molecule has 0 N–H and O–H groups in total. The van der Waals surface area contributed by atoms with Gasteiger partial charge in [0.2, 0.25) is 0 Å². The van der Waals surface area contributed by atoms with Crippen LogP contribution in [0.1, 0.15) is 26.2 Å². The summed E-state index contributed by atoms with van der Waals surface area (Å²) < 4.78 is 4.90. The maximum atomic E-state index is 11.3. The van der Waals surface area contributed by atoms with E-state index in [1.807, 2.05) is 6.92 Å². The van der Waals surface area contributed by atoms with E-state index in [4.69, 9.17) is 10.00 Å². The smallest absolute Gasteiger partial charge is 0.410 e. The van der Waals surface area contributed by atoms with Crippen molar-refractivity contribution in [1.29, 1.82) is 5.26 Å². The summed E-state index contributed by atoms with van der Waals surface area (Å²) in [6.07, 6.45) is 1.80. The van der Waals surface area contributed by atoms with Gasteiger partial charge < -0.3 is 9.64 Å². The molecule has 1 atom stereocenters. The molecule has 1 aliphatic heterocycles. The Balaban J connectivity index is 2.55. The van der Waals surface area contributed by atoms with Crippen molar-refractivity contribution in [2.45, 2.75) is 32.2 Å². The third kappa shape index (κ3) is 2.35. The van der Waals surface area contributed by atoms with Gasteiger partial charge in [0.25, 0.3) is 0 Å². The van der Waals surface area contributed by atoms with Crippen molar-refractivity contribution in [1.82, 2.24) is 4.90 Å². The lowest BCUT2D eigenvalue weighted by Crippen LogP contribution is -2.44. The molecule has 0 aromatic carbocycles. The Kier molecular flexibility index (Phi) is 3.56. The Hall–Kier alpha value is -1.24. The molecule has 4 nitrogen and oxygen atoms in total. The van der Waals surface area contributed by atoms with Gasteiger partial charge in [-0.2, -0.15) is 5.26 Å². The molecule has 4 heteroatoms. The molecule has 1 rings (SSSR count). The second-order valence-electron chi connectivity index (χ2n) is 3.09. The number of cyclic esters (lactones) is 1. The number of carbonyl (C=O) groups excluding carboxylic acids is 1. The van der Waals surface area contributed by atoms with Gasteiger partial charge in [0.05, 0.1) is 19.1 Å². The molecule has 1 heterocycles. The summed E-state index contributed by atoms with van der Waals surface area (Å²) >= 11 is 0. The minimum Gasteiger partial charge on any atom is -0.449 e. The summed E-state index contributed by atoms with van der Waals surface area (Å²) in [5.41, 5.74) is 0. The van der Waals surface area contributed by atoms with Crippen LogP contribution in [-0.4, -0.2) is 30.2 Å². The Morgan fingerprint density at radius 1 is 1.77 bits per heavy atom. The van der Waals surface area contributed by atoms with Crippen LogP contribution in [0.3, 0.4) is 0 Å². The van der Waals surface area contributed by atoms with Gasteiger partial charge in [-0.15, -0.1) is 0 Å². The average molecular weight is 182 g/mol. The Morgan fingerprint density at radius 2 is 2.54 bits per heavy atom. The van der Waals surface area contributed by atoms with Gasteiger partial charge in [-0.25, -0.2) is 4.79 Å². The zero-order valence-corrected chi connectivity index (χ0v) is 7.82. The van der Waals surface area contributed by atoms with E-state index < -0.39 is 0 Å². The molecular formula is C9H14N2O2. The largest absolute Gasteiger partial charge is 0.449 e. The minimum absolute atomic E-state index is 0.0257. The number of hydrogen-bond acceptors (Lipinski definition) is 3. The number of carbonyl (C=O) groups is 1. The van der Waals surface area contributed by atoms with Gasteiger partial charge >= 0.3 is 6.09 Å². The third-order valence-electron chi connectivity index (χ3n) is 2.24. The van der Waals surface area contributed by atoms with Crippen LogP contribution in [0, 0.1) is 11.3 Å². The number of rotatable bonds is 3. The van der Waals surface area contributed by atoms with Gasteiger partial charge in [0.15, 0.2) is 0 Å². The maximum Gasteiger partial charge on any atom is 0.410 e. The second-order valence-corrected chi connectivity index (χ2v) is 3.09. The van der Waals surface area contributed by atoms with E-state index >= 15 is 0 Å². The normalized spacial score (nSPS) is 19.1. The SMILES string of the molecule is CCC(CC#N)N1CCCOC1=O. The highest BCUT2D eigenvalue weighted by molar-refractivity contribution is 5.68. The van der Waals surface area contributed by atoms with E-state index in [1.54, 1.807) is 4.90 Å². The van der Waals surface area contributed by atoms with E-state index in [-0.39, 0.29) is 12.1 Å². The second kappa shape index (κ2) is 4.70. The van der Waals surface area contributed by atoms with Crippen LogP contribution in [0.4, 0.5) is 4.79 Å². The number of hydrogen-bond donors (Lipinski definition) is 0. The average Bonchev–Trinajstić information content (AvgIpc) is 2.16. The zero-order chi connectivity index (χ0) is 9.68. The van der Waals surface area contributed by atoms with Gasteiger partial charge in [-0.3, -0.25) is 0 Å². The standard InChI is InChI=1S/C9H14N2O2/c1-2-8(4-5-10)11-6-3-7-13-9(11)12/h8H,2-4,6-7H2,1H3. The van der Waals surface area contributed by atoms with Crippen molar-refractivity contribution >= 4 is 6.09 Å². The molecule has 1 saturated heterocycles. The first kappa shape index (κ1) is 9.85. The maximum absolute atomic E-state index is 11.3. The first-order valence-corrected chi connectivity index (χ1v) is 4.60. The van der Waals surface area contributed by atoms with Crippen molar-refractivity contribution in [3.05, 3.63) is 0 Å². The molecule has 1 unspecified atom stereocenters. The fourth-order valence-electron chi connectivity index (χ4n) is 1.48. The molecule has 0 aromatic rings. The molecule has 72 valence electrons. The highest BCUT2D eigenvalue weighted by Crippen LogP contribution is 2.14. The molecule has 13 heavy (non-hydrogen) atoms. The fourth-order valence-corrected chi connectivity index (χ4v) is 1.48. The Bertz CT molecular complexity index is 222. The molecule has 0 radical (unpaired) electrons. The van der Waals surface area contributed by atoms with Crippen LogP contribution in [0.5, 0.6) is 0 Å². The summed E-state index contributed by atoms with van der Waals surface area (Å²) in [5.74, 6) is 0. The molecule has 0 aromatic heterocycles. The predicted octanol–water partition coefficient (Wildman–Crippen LogP) is 1.52. The van der Waals surface area contributed by atoms with Crippen LogP contribution < -0.4 is 0 Å². The van der Waals surface area contributed by atoms with Crippen LogP contribution in [0.25, 0.3) is 0 Å². The van der Waals surface area contributed by atoms with Crippen LogP contribution in [0.15, 0.2) is 0 Å². The predicted molar refractivity (Wildman–Crippen MR) is 47.0 cm³/mol.